The summed E-state index contributed by atoms with van der Waals surface area (Å²) in [4.78, 5) is 34.3. The Morgan fingerprint density at radius 3 is 2.55 bits per heavy atom. The molecule has 1 saturated carbocycles. The van der Waals surface area contributed by atoms with E-state index in [1.54, 1.807) is 24.3 Å². The molecule has 1 aromatic carbocycles. The maximum atomic E-state index is 11.5. The van der Waals surface area contributed by atoms with Crippen LogP contribution in [0, 0.1) is 0 Å². The Kier molecular flexibility index (Phi) is 5.76. The molecule has 0 aliphatic heterocycles. The number of para-hydroxylation sites is 1. The number of esters is 1. The molecule has 0 unspecified atom stereocenters. The van der Waals surface area contributed by atoms with E-state index < -0.39 is 12.0 Å². The SMILES string of the molecule is O=C(COC(=O)CCNC(=O)Nc1ccccc1)NC1CC1. The third kappa shape index (κ3) is 6.25. The van der Waals surface area contributed by atoms with Gasteiger partial charge in [0.25, 0.3) is 5.91 Å². The van der Waals surface area contributed by atoms with Crippen LogP contribution in [0.25, 0.3) is 0 Å². The number of rotatable bonds is 7. The highest BCUT2D eigenvalue weighted by molar-refractivity contribution is 5.89. The van der Waals surface area contributed by atoms with E-state index in [4.69, 9.17) is 4.74 Å². The Bertz CT molecular complexity index is 529. The van der Waals surface area contributed by atoms with Gasteiger partial charge in [-0.15, -0.1) is 0 Å². The Balaban J connectivity index is 1.54. The number of nitrogens with one attached hydrogen (secondary N) is 3. The number of carbonyl (C=O) groups is 3. The van der Waals surface area contributed by atoms with Crippen molar-refractivity contribution < 1.29 is 19.1 Å². The largest absolute Gasteiger partial charge is 0.456 e. The minimum absolute atomic E-state index is 0.0128. The van der Waals surface area contributed by atoms with E-state index >= 15 is 0 Å². The topological polar surface area (TPSA) is 96.5 Å². The van der Waals surface area contributed by atoms with Gasteiger partial charge >= 0.3 is 12.0 Å². The molecular formula is C15H19N3O4. The first-order valence-electron chi connectivity index (χ1n) is 7.18. The van der Waals surface area contributed by atoms with Crippen LogP contribution in [0.5, 0.6) is 0 Å². The van der Waals surface area contributed by atoms with E-state index in [9.17, 15) is 14.4 Å². The van der Waals surface area contributed by atoms with Crippen LogP contribution in [0.15, 0.2) is 30.3 Å². The van der Waals surface area contributed by atoms with Crippen LogP contribution in [-0.4, -0.2) is 37.1 Å². The van der Waals surface area contributed by atoms with Crippen molar-refractivity contribution in [1.29, 1.82) is 0 Å². The van der Waals surface area contributed by atoms with Gasteiger partial charge in [0.1, 0.15) is 0 Å². The second kappa shape index (κ2) is 8.02. The minimum Gasteiger partial charge on any atom is -0.456 e. The molecular weight excluding hydrogens is 286 g/mol. The monoisotopic (exact) mass is 305 g/mol. The van der Waals surface area contributed by atoms with E-state index in [0.29, 0.717) is 5.69 Å². The average Bonchev–Trinajstić information content (AvgIpc) is 3.30. The minimum atomic E-state index is -0.522. The molecule has 1 aromatic rings. The maximum absolute atomic E-state index is 11.5. The molecule has 3 N–H and O–H groups in total. The molecule has 0 spiro atoms. The van der Waals surface area contributed by atoms with Gasteiger partial charge in [0.05, 0.1) is 6.42 Å². The molecule has 0 heterocycles. The highest BCUT2D eigenvalue weighted by atomic mass is 16.5. The summed E-state index contributed by atoms with van der Waals surface area (Å²) in [6.07, 6.45) is 1.99. The van der Waals surface area contributed by atoms with Crippen LogP contribution in [0.1, 0.15) is 19.3 Å². The fourth-order valence-corrected chi connectivity index (χ4v) is 1.69. The molecule has 0 saturated heterocycles. The zero-order chi connectivity index (χ0) is 15.8. The standard InChI is InChI=1S/C15H19N3O4/c19-13(17-12-6-7-12)10-22-14(20)8-9-16-15(21)18-11-4-2-1-3-5-11/h1-5,12H,6-10H2,(H,17,19)(H2,16,18,21). The number of ether oxygens (including phenoxy) is 1. The fourth-order valence-electron chi connectivity index (χ4n) is 1.69. The summed E-state index contributed by atoms with van der Waals surface area (Å²) in [6, 6.07) is 8.82. The molecule has 1 aliphatic rings. The second-order valence-electron chi connectivity index (χ2n) is 5.00. The van der Waals surface area contributed by atoms with Crippen LogP contribution in [0.2, 0.25) is 0 Å². The molecule has 0 radical (unpaired) electrons. The van der Waals surface area contributed by atoms with Crippen molar-refractivity contribution in [3.8, 4) is 0 Å². The summed E-state index contributed by atoms with van der Waals surface area (Å²) in [5.41, 5.74) is 0.666. The van der Waals surface area contributed by atoms with Gasteiger partial charge in [-0.1, -0.05) is 18.2 Å². The molecule has 118 valence electrons. The van der Waals surface area contributed by atoms with E-state index in [1.807, 2.05) is 6.07 Å². The molecule has 1 fully saturated rings. The molecule has 2 rings (SSSR count). The van der Waals surface area contributed by atoms with Crippen molar-refractivity contribution >= 4 is 23.6 Å². The van der Waals surface area contributed by atoms with Crippen LogP contribution in [-0.2, 0) is 14.3 Å². The van der Waals surface area contributed by atoms with Crippen LogP contribution >= 0.6 is 0 Å². The fraction of sp³-hybridized carbons (Fsp3) is 0.400. The highest BCUT2D eigenvalue weighted by Gasteiger charge is 2.23. The summed E-state index contributed by atoms with van der Waals surface area (Å²) in [7, 11) is 0. The predicted octanol–water partition coefficient (Wildman–Crippen LogP) is 1.02. The quantitative estimate of drug-likeness (QED) is 0.655. The Morgan fingerprint density at radius 1 is 1.14 bits per heavy atom. The van der Waals surface area contributed by atoms with Crippen molar-refractivity contribution in [3.63, 3.8) is 0 Å². The van der Waals surface area contributed by atoms with Gasteiger partial charge < -0.3 is 20.7 Å². The van der Waals surface area contributed by atoms with E-state index in [1.165, 1.54) is 0 Å². The van der Waals surface area contributed by atoms with E-state index in [-0.39, 0.29) is 31.5 Å². The summed E-state index contributed by atoms with van der Waals surface area (Å²) in [6.45, 7) is -0.132. The zero-order valence-electron chi connectivity index (χ0n) is 12.1. The lowest BCUT2D eigenvalue weighted by Crippen LogP contribution is -2.32. The second-order valence-corrected chi connectivity index (χ2v) is 5.00. The first-order chi connectivity index (χ1) is 10.6. The van der Waals surface area contributed by atoms with Gasteiger partial charge in [-0.25, -0.2) is 4.79 Å². The molecule has 22 heavy (non-hydrogen) atoms. The molecule has 3 amide bonds. The molecule has 0 aromatic heterocycles. The number of benzene rings is 1. The molecule has 7 nitrogen and oxygen atoms in total. The Hall–Kier alpha value is -2.57. The van der Waals surface area contributed by atoms with Crippen LogP contribution < -0.4 is 16.0 Å². The number of urea groups is 1. The number of hydrogen-bond acceptors (Lipinski definition) is 4. The maximum Gasteiger partial charge on any atom is 0.319 e. The third-order valence-corrected chi connectivity index (χ3v) is 2.95. The van der Waals surface area contributed by atoms with Gasteiger partial charge in [-0.3, -0.25) is 9.59 Å². The number of amides is 3. The van der Waals surface area contributed by atoms with Gasteiger partial charge in [0, 0.05) is 18.3 Å². The van der Waals surface area contributed by atoms with Gasteiger partial charge in [-0.2, -0.15) is 0 Å². The lowest BCUT2D eigenvalue weighted by Gasteiger charge is -2.08. The highest BCUT2D eigenvalue weighted by Crippen LogP contribution is 2.18. The zero-order valence-corrected chi connectivity index (χ0v) is 12.1. The third-order valence-electron chi connectivity index (χ3n) is 2.95. The van der Waals surface area contributed by atoms with Crippen LogP contribution in [0.4, 0.5) is 10.5 Å². The lowest BCUT2D eigenvalue weighted by molar-refractivity contribution is -0.148. The van der Waals surface area contributed by atoms with Crippen molar-refractivity contribution in [3.05, 3.63) is 30.3 Å². The number of carbonyl (C=O) groups excluding carboxylic acids is 3. The van der Waals surface area contributed by atoms with E-state index in [0.717, 1.165) is 12.8 Å². The van der Waals surface area contributed by atoms with Crippen LogP contribution in [0.3, 0.4) is 0 Å². The summed E-state index contributed by atoms with van der Waals surface area (Å²) >= 11 is 0. The van der Waals surface area contributed by atoms with Gasteiger partial charge in [0.15, 0.2) is 6.61 Å². The molecule has 0 atom stereocenters. The first-order valence-corrected chi connectivity index (χ1v) is 7.18. The normalized spacial score (nSPS) is 13.1. The van der Waals surface area contributed by atoms with Gasteiger partial charge in [0.2, 0.25) is 0 Å². The van der Waals surface area contributed by atoms with Crippen molar-refractivity contribution in [2.24, 2.45) is 0 Å². The van der Waals surface area contributed by atoms with Crippen molar-refractivity contribution in [2.75, 3.05) is 18.5 Å². The summed E-state index contributed by atoms with van der Waals surface area (Å²) in [5.74, 6) is -0.809. The smallest absolute Gasteiger partial charge is 0.319 e. The average molecular weight is 305 g/mol. The van der Waals surface area contributed by atoms with Gasteiger partial charge in [-0.05, 0) is 25.0 Å². The molecule has 0 bridgehead atoms. The predicted molar refractivity (Wildman–Crippen MR) is 80.2 cm³/mol. The lowest BCUT2D eigenvalue weighted by atomic mass is 10.3. The van der Waals surface area contributed by atoms with Crippen molar-refractivity contribution in [1.82, 2.24) is 10.6 Å². The molecule has 1 aliphatic carbocycles. The van der Waals surface area contributed by atoms with Crippen molar-refractivity contribution in [2.45, 2.75) is 25.3 Å². The summed E-state index contributed by atoms with van der Waals surface area (Å²) < 4.78 is 4.81. The summed E-state index contributed by atoms with van der Waals surface area (Å²) in [5, 5.41) is 7.88. The van der Waals surface area contributed by atoms with E-state index in [2.05, 4.69) is 16.0 Å². The Morgan fingerprint density at radius 2 is 1.86 bits per heavy atom. The molecule has 7 heteroatoms. The Labute approximate surface area is 128 Å². The first kappa shape index (κ1) is 15.8. The number of hydrogen-bond donors (Lipinski definition) is 3. The number of anilines is 1.